The van der Waals surface area contributed by atoms with Crippen LogP contribution in [0, 0.1) is 12.7 Å². The van der Waals surface area contributed by atoms with Gasteiger partial charge in [0.25, 0.3) is 17.9 Å². The zero-order valence-corrected chi connectivity index (χ0v) is 16.1. The first-order chi connectivity index (χ1) is 14.7. The average molecular weight is 435 g/mol. The molecule has 31 heavy (non-hydrogen) atoms. The number of benzene rings is 2. The van der Waals surface area contributed by atoms with E-state index in [1.165, 1.54) is 12.1 Å². The maximum Gasteiger partial charge on any atom is 0.284 e. The molecule has 0 radical (unpaired) electrons. The minimum absolute atomic E-state index is 0.00238. The third kappa shape index (κ3) is 4.97. The molecule has 0 saturated carbocycles. The van der Waals surface area contributed by atoms with Crippen molar-refractivity contribution in [3.05, 3.63) is 81.9 Å². The highest BCUT2D eigenvalue weighted by atomic mass is 19.3. The monoisotopic (exact) mass is 435 g/mol. The Balaban J connectivity index is 2.12. The Labute approximate surface area is 173 Å². The molecule has 3 aromatic rings. The summed E-state index contributed by atoms with van der Waals surface area (Å²) in [6.45, 7) is 1.85. The number of aromatic nitrogens is 2. The van der Waals surface area contributed by atoms with Gasteiger partial charge in [-0.15, -0.1) is 0 Å². The van der Waals surface area contributed by atoms with Gasteiger partial charge in [0.2, 0.25) is 6.30 Å². The number of aryl methyl sites for hydroxylation is 1. The first kappa shape index (κ1) is 22.2. The predicted octanol–water partition coefficient (Wildman–Crippen LogP) is 3.00. The molecule has 3 rings (SSSR count). The number of aliphatic hydroxyl groups is 1. The van der Waals surface area contributed by atoms with Gasteiger partial charge in [0.05, 0.1) is 11.4 Å². The van der Waals surface area contributed by atoms with Crippen LogP contribution in [0.25, 0.3) is 16.9 Å². The van der Waals surface area contributed by atoms with Crippen LogP contribution in [-0.2, 0) is 0 Å². The summed E-state index contributed by atoms with van der Waals surface area (Å²) < 4.78 is 53.3. The van der Waals surface area contributed by atoms with Crippen molar-refractivity contribution in [2.24, 2.45) is 0 Å². The zero-order valence-electron chi connectivity index (χ0n) is 16.1. The summed E-state index contributed by atoms with van der Waals surface area (Å²) in [5.41, 5.74) is -0.108. The lowest BCUT2D eigenvalue weighted by Crippen LogP contribution is -2.45. The number of nitrogens with one attached hydrogen (secondary N) is 1. The Hall–Kier alpha value is -3.53. The van der Waals surface area contributed by atoms with Gasteiger partial charge in [-0.05, 0) is 31.2 Å². The van der Waals surface area contributed by atoms with Crippen molar-refractivity contribution in [2.75, 3.05) is 0 Å². The maximum atomic E-state index is 13.8. The van der Waals surface area contributed by atoms with E-state index in [1.807, 2.05) is 6.92 Å². The Kier molecular flexibility index (Phi) is 6.50. The number of aliphatic hydroxyl groups excluding tert-OH is 1. The van der Waals surface area contributed by atoms with Crippen LogP contribution in [0.3, 0.4) is 0 Å². The molecule has 0 saturated heterocycles. The van der Waals surface area contributed by atoms with E-state index < -0.39 is 41.7 Å². The normalized spacial score (nSPS) is 13.1. The lowest BCUT2D eigenvalue weighted by Gasteiger charge is -2.17. The molecule has 1 amide bonds. The molecule has 2 atom stereocenters. The molecule has 0 bridgehead atoms. The van der Waals surface area contributed by atoms with Crippen molar-refractivity contribution >= 4 is 5.91 Å². The highest BCUT2D eigenvalue weighted by molar-refractivity contribution is 5.95. The van der Waals surface area contributed by atoms with Crippen molar-refractivity contribution in [1.29, 1.82) is 0 Å². The van der Waals surface area contributed by atoms with Crippen molar-refractivity contribution in [2.45, 2.75) is 25.7 Å². The topological polar surface area (TPSA) is 84.2 Å². The second kappa shape index (κ2) is 9.09. The SMILES string of the molecule is Cc1ccc(-c2cc(C(=O)NC(F)C(O)C(F)F)c(=O)n(-c3cccc(F)c3)n2)cc1. The van der Waals surface area contributed by atoms with Crippen LogP contribution in [0.15, 0.2) is 59.4 Å². The number of hydrogen-bond acceptors (Lipinski definition) is 4. The fourth-order valence-corrected chi connectivity index (χ4v) is 2.72. The quantitative estimate of drug-likeness (QED) is 0.461. The molecule has 2 N–H and O–H groups in total. The molecule has 0 spiro atoms. The third-order valence-electron chi connectivity index (χ3n) is 4.38. The second-order valence-corrected chi connectivity index (χ2v) is 6.71. The number of amides is 1. The summed E-state index contributed by atoms with van der Waals surface area (Å²) in [5.74, 6) is -2.00. The number of carbonyl (C=O) groups excluding carboxylic acids is 1. The number of rotatable bonds is 6. The van der Waals surface area contributed by atoms with Crippen molar-refractivity contribution in [1.82, 2.24) is 15.1 Å². The molecule has 0 aliphatic carbocycles. The highest BCUT2D eigenvalue weighted by Crippen LogP contribution is 2.19. The summed E-state index contributed by atoms with van der Waals surface area (Å²) in [7, 11) is 0. The minimum atomic E-state index is -3.44. The van der Waals surface area contributed by atoms with Crippen molar-refractivity contribution in [3.63, 3.8) is 0 Å². The molecule has 0 fully saturated rings. The maximum absolute atomic E-state index is 13.8. The molecule has 0 aliphatic rings. The van der Waals surface area contributed by atoms with Crippen LogP contribution in [0.2, 0.25) is 0 Å². The van der Waals surface area contributed by atoms with Gasteiger partial charge in [-0.1, -0.05) is 35.9 Å². The number of nitrogens with zero attached hydrogens (tertiary/aromatic N) is 2. The van der Waals surface area contributed by atoms with E-state index in [-0.39, 0.29) is 11.4 Å². The number of carbonyl (C=O) groups is 1. The Morgan fingerprint density at radius 1 is 1.10 bits per heavy atom. The molecule has 0 aliphatic heterocycles. The first-order valence-corrected chi connectivity index (χ1v) is 9.06. The molecule has 2 unspecified atom stereocenters. The largest absolute Gasteiger partial charge is 0.382 e. The van der Waals surface area contributed by atoms with Crippen LogP contribution in [-0.4, -0.2) is 39.6 Å². The van der Waals surface area contributed by atoms with Crippen LogP contribution in [0.4, 0.5) is 17.6 Å². The summed E-state index contributed by atoms with van der Waals surface area (Å²) in [5, 5.41) is 14.8. The molecule has 1 heterocycles. The Morgan fingerprint density at radius 2 is 1.77 bits per heavy atom. The lowest BCUT2D eigenvalue weighted by molar-refractivity contribution is -0.0551. The molecule has 162 valence electrons. The first-order valence-electron chi connectivity index (χ1n) is 9.06. The summed E-state index contributed by atoms with van der Waals surface area (Å²) in [6.07, 6.45) is -9.03. The van der Waals surface area contributed by atoms with Gasteiger partial charge in [-0.2, -0.15) is 9.78 Å². The molecule has 10 heteroatoms. The van der Waals surface area contributed by atoms with Crippen LogP contribution >= 0.6 is 0 Å². The number of hydrogen-bond donors (Lipinski definition) is 2. The molecule has 2 aromatic carbocycles. The smallest absolute Gasteiger partial charge is 0.284 e. The highest BCUT2D eigenvalue weighted by Gasteiger charge is 2.30. The lowest BCUT2D eigenvalue weighted by atomic mass is 10.1. The van der Waals surface area contributed by atoms with Gasteiger partial charge in [0.15, 0.2) is 6.10 Å². The minimum Gasteiger partial charge on any atom is -0.382 e. The summed E-state index contributed by atoms with van der Waals surface area (Å²) in [4.78, 5) is 25.3. The summed E-state index contributed by atoms with van der Waals surface area (Å²) >= 11 is 0. The van der Waals surface area contributed by atoms with E-state index in [0.29, 0.717) is 5.56 Å². The molecular weight excluding hydrogens is 418 g/mol. The van der Waals surface area contributed by atoms with Crippen molar-refractivity contribution in [3.8, 4) is 16.9 Å². The summed E-state index contributed by atoms with van der Waals surface area (Å²) in [6, 6.07) is 12.8. The number of halogens is 4. The van der Waals surface area contributed by atoms with Gasteiger partial charge in [0, 0.05) is 5.56 Å². The number of alkyl halides is 3. The van der Waals surface area contributed by atoms with E-state index in [2.05, 4.69) is 5.10 Å². The standard InChI is InChI=1S/C21H17F4N3O3/c1-11-5-7-12(8-6-11)16-10-15(20(30)26-19(25)17(29)18(23)24)21(31)28(27-16)14-4-2-3-13(22)9-14/h2-10,17-19,29H,1H3,(H,26,30). The van der Waals surface area contributed by atoms with Crippen molar-refractivity contribution < 1.29 is 27.5 Å². The van der Waals surface area contributed by atoms with E-state index in [0.717, 1.165) is 28.4 Å². The van der Waals surface area contributed by atoms with Gasteiger partial charge in [-0.25, -0.2) is 17.6 Å². The van der Waals surface area contributed by atoms with Crippen LogP contribution in [0.5, 0.6) is 0 Å². The fourth-order valence-electron chi connectivity index (χ4n) is 2.72. The Morgan fingerprint density at radius 3 is 2.39 bits per heavy atom. The van der Waals surface area contributed by atoms with Gasteiger partial charge < -0.3 is 10.4 Å². The van der Waals surface area contributed by atoms with E-state index in [1.54, 1.807) is 29.6 Å². The third-order valence-corrected chi connectivity index (χ3v) is 4.38. The molecule has 1 aromatic heterocycles. The molecule has 6 nitrogen and oxygen atoms in total. The molecular formula is C21H17F4N3O3. The van der Waals surface area contributed by atoms with Crippen LogP contribution < -0.4 is 10.9 Å². The second-order valence-electron chi connectivity index (χ2n) is 6.71. The Bertz CT molecular complexity index is 1150. The van der Waals surface area contributed by atoms with Gasteiger partial charge in [-0.3, -0.25) is 9.59 Å². The van der Waals surface area contributed by atoms with Crippen LogP contribution in [0.1, 0.15) is 15.9 Å². The van der Waals surface area contributed by atoms with E-state index in [4.69, 9.17) is 5.11 Å². The van der Waals surface area contributed by atoms with E-state index in [9.17, 15) is 27.2 Å². The average Bonchev–Trinajstić information content (AvgIpc) is 2.73. The predicted molar refractivity (Wildman–Crippen MR) is 104 cm³/mol. The zero-order chi connectivity index (χ0) is 22.7. The van der Waals surface area contributed by atoms with E-state index >= 15 is 0 Å². The fraction of sp³-hybridized carbons (Fsp3) is 0.190. The van der Waals surface area contributed by atoms with Gasteiger partial charge in [0.1, 0.15) is 11.4 Å². The van der Waals surface area contributed by atoms with Gasteiger partial charge >= 0.3 is 0 Å².